The lowest BCUT2D eigenvalue weighted by molar-refractivity contribution is -0.384. The molecule has 8 heteroatoms. The molecule has 3 rings (SSSR count). The number of aromatic nitrogens is 1. The summed E-state index contributed by atoms with van der Waals surface area (Å²) in [5, 5.41) is 14.2. The van der Waals surface area contributed by atoms with Crippen molar-refractivity contribution in [2.45, 2.75) is 13.3 Å². The molecule has 24 heavy (non-hydrogen) atoms. The van der Waals surface area contributed by atoms with Gasteiger partial charge in [0, 0.05) is 28.8 Å². The maximum atomic E-state index is 14.0. The molecule has 0 amide bonds. The smallest absolute Gasteiger partial charge is 0.270 e. The normalized spacial score (nSPS) is 11.0. The van der Waals surface area contributed by atoms with Crippen molar-refractivity contribution in [2.24, 2.45) is 0 Å². The van der Waals surface area contributed by atoms with Gasteiger partial charge in [-0.05, 0) is 24.6 Å². The Hall–Kier alpha value is -2.48. The summed E-state index contributed by atoms with van der Waals surface area (Å²) in [4.78, 5) is 14.8. The Morgan fingerprint density at radius 3 is 2.88 bits per heavy atom. The second kappa shape index (κ2) is 6.56. The summed E-state index contributed by atoms with van der Waals surface area (Å²) in [6.45, 7) is 2.69. The second-order valence-corrected chi connectivity index (χ2v) is 6.08. The molecule has 1 N–H and O–H groups in total. The fraction of sp³-hybridized carbons (Fsp3) is 0.188. The summed E-state index contributed by atoms with van der Waals surface area (Å²) in [6, 6.07) is 7.28. The molecule has 6 nitrogen and oxygen atoms in total. The minimum atomic E-state index is -0.549. The molecule has 0 radical (unpaired) electrons. The van der Waals surface area contributed by atoms with Gasteiger partial charge in [0.05, 0.1) is 10.5 Å². The van der Waals surface area contributed by atoms with Crippen molar-refractivity contribution < 1.29 is 13.7 Å². The van der Waals surface area contributed by atoms with E-state index in [4.69, 9.17) is 4.42 Å². The Bertz CT molecular complexity index is 926. The highest BCUT2D eigenvalue weighted by molar-refractivity contribution is 9.10. The molecule has 0 aliphatic rings. The quantitative estimate of drug-likeness (QED) is 0.480. The highest BCUT2D eigenvalue weighted by atomic mass is 79.9. The van der Waals surface area contributed by atoms with Crippen LogP contribution in [-0.4, -0.2) is 16.5 Å². The van der Waals surface area contributed by atoms with Gasteiger partial charge >= 0.3 is 0 Å². The average Bonchev–Trinajstić information content (AvgIpc) is 2.96. The zero-order chi connectivity index (χ0) is 17.3. The van der Waals surface area contributed by atoms with Gasteiger partial charge in [0.1, 0.15) is 5.52 Å². The lowest BCUT2D eigenvalue weighted by Gasteiger charge is -2.08. The van der Waals surface area contributed by atoms with Crippen molar-refractivity contribution in [1.82, 2.24) is 4.98 Å². The molecule has 0 saturated heterocycles. The van der Waals surface area contributed by atoms with Crippen LogP contribution >= 0.6 is 15.9 Å². The van der Waals surface area contributed by atoms with E-state index >= 15 is 0 Å². The van der Waals surface area contributed by atoms with Crippen molar-refractivity contribution in [1.29, 1.82) is 0 Å². The first kappa shape index (κ1) is 16.4. The summed E-state index contributed by atoms with van der Waals surface area (Å²) >= 11 is 3.20. The predicted molar refractivity (Wildman–Crippen MR) is 92.5 cm³/mol. The number of nitro benzene ring substituents is 1. The van der Waals surface area contributed by atoms with Crippen LogP contribution in [0.25, 0.3) is 22.6 Å². The Morgan fingerprint density at radius 2 is 2.17 bits per heavy atom. The summed E-state index contributed by atoms with van der Waals surface area (Å²) in [6.07, 6.45) is 0.881. The van der Waals surface area contributed by atoms with E-state index in [0.29, 0.717) is 27.8 Å². The molecule has 0 aliphatic heterocycles. The standard InChI is InChI=1S/C16H13BrFN3O3/c1-2-5-19-13-4-3-10(21(22)23)8-11(13)16-20-14-7-9(17)6-12(18)15(14)24-16/h3-4,6-8,19H,2,5H2,1H3. The first-order chi connectivity index (χ1) is 11.5. The van der Waals surface area contributed by atoms with Crippen LogP contribution in [0.5, 0.6) is 0 Å². The van der Waals surface area contributed by atoms with Gasteiger partial charge in [-0.1, -0.05) is 22.9 Å². The molecule has 3 aromatic rings. The van der Waals surface area contributed by atoms with E-state index in [1.54, 1.807) is 12.1 Å². The summed E-state index contributed by atoms with van der Waals surface area (Å²) in [5.41, 5.74) is 1.33. The maximum Gasteiger partial charge on any atom is 0.270 e. The van der Waals surface area contributed by atoms with Crippen molar-refractivity contribution in [2.75, 3.05) is 11.9 Å². The minimum Gasteiger partial charge on any atom is -0.433 e. The second-order valence-electron chi connectivity index (χ2n) is 5.17. The molecule has 1 heterocycles. The summed E-state index contributed by atoms with van der Waals surface area (Å²) in [5.74, 6) is -0.420. The minimum absolute atomic E-state index is 0.0150. The molecule has 0 unspecified atom stereocenters. The van der Waals surface area contributed by atoms with E-state index in [1.165, 1.54) is 18.2 Å². The van der Waals surface area contributed by atoms with Gasteiger partial charge in [0.2, 0.25) is 5.89 Å². The molecule has 0 fully saturated rings. The number of rotatable bonds is 5. The fourth-order valence-electron chi connectivity index (χ4n) is 2.31. The van der Waals surface area contributed by atoms with Gasteiger partial charge in [-0.3, -0.25) is 10.1 Å². The van der Waals surface area contributed by atoms with Crippen LogP contribution in [0, 0.1) is 15.9 Å². The molecule has 2 aromatic carbocycles. The first-order valence-electron chi connectivity index (χ1n) is 7.28. The van der Waals surface area contributed by atoms with Crippen LogP contribution in [0.1, 0.15) is 13.3 Å². The molecular formula is C16H13BrFN3O3. The number of hydrogen-bond acceptors (Lipinski definition) is 5. The van der Waals surface area contributed by atoms with E-state index in [0.717, 1.165) is 6.42 Å². The van der Waals surface area contributed by atoms with Crippen molar-refractivity contribution >= 4 is 38.4 Å². The topological polar surface area (TPSA) is 81.2 Å². The van der Waals surface area contributed by atoms with Crippen molar-refractivity contribution in [3.8, 4) is 11.5 Å². The van der Waals surface area contributed by atoms with Crippen LogP contribution in [0.15, 0.2) is 39.2 Å². The Balaban J connectivity index is 2.17. The largest absolute Gasteiger partial charge is 0.433 e. The Labute approximate surface area is 145 Å². The molecule has 124 valence electrons. The van der Waals surface area contributed by atoms with Crippen LogP contribution in [0.3, 0.4) is 0 Å². The molecule has 0 spiro atoms. The highest BCUT2D eigenvalue weighted by Gasteiger charge is 2.18. The lowest BCUT2D eigenvalue weighted by Crippen LogP contribution is -2.02. The SMILES string of the molecule is CCCNc1ccc([N+](=O)[O-])cc1-c1nc2cc(Br)cc(F)c2o1. The molecule has 0 bridgehead atoms. The van der Waals surface area contributed by atoms with E-state index in [2.05, 4.69) is 26.2 Å². The summed E-state index contributed by atoms with van der Waals surface area (Å²) < 4.78 is 20.1. The maximum absolute atomic E-state index is 14.0. The van der Waals surface area contributed by atoms with Gasteiger partial charge in [-0.25, -0.2) is 9.37 Å². The van der Waals surface area contributed by atoms with Crippen LogP contribution in [0.2, 0.25) is 0 Å². The van der Waals surface area contributed by atoms with E-state index in [-0.39, 0.29) is 17.2 Å². The van der Waals surface area contributed by atoms with Crippen molar-refractivity contribution in [3.05, 3.63) is 50.7 Å². The molecule has 0 saturated carbocycles. The Morgan fingerprint density at radius 1 is 1.38 bits per heavy atom. The third-order valence-corrected chi connectivity index (χ3v) is 3.88. The monoisotopic (exact) mass is 393 g/mol. The predicted octanol–water partition coefficient (Wildman–Crippen LogP) is 5.13. The number of nitro groups is 1. The number of halogens is 2. The average molecular weight is 394 g/mol. The van der Waals surface area contributed by atoms with Gasteiger partial charge in [-0.15, -0.1) is 0 Å². The summed E-state index contributed by atoms with van der Waals surface area (Å²) in [7, 11) is 0. The number of anilines is 1. The number of hydrogen-bond donors (Lipinski definition) is 1. The number of benzene rings is 2. The molecule has 1 aromatic heterocycles. The lowest BCUT2D eigenvalue weighted by atomic mass is 10.1. The van der Waals surface area contributed by atoms with Crippen LogP contribution < -0.4 is 5.32 Å². The van der Waals surface area contributed by atoms with Gasteiger partial charge in [-0.2, -0.15) is 0 Å². The van der Waals surface area contributed by atoms with Crippen molar-refractivity contribution in [3.63, 3.8) is 0 Å². The molecular weight excluding hydrogens is 381 g/mol. The number of nitrogens with one attached hydrogen (secondary N) is 1. The number of non-ortho nitro benzene ring substituents is 1. The number of fused-ring (bicyclic) bond motifs is 1. The van der Waals surface area contributed by atoms with Crippen LogP contribution in [-0.2, 0) is 0 Å². The van der Waals surface area contributed by atoms with Gasteiger partial charge in [0.15, 0.2) is 11.4 Å². The zero-order valence-electron chi connectivity index (χ0n) is 12.7. The van der Waals surface area contributed by atoms with Gasteiger partial charge < -0.3 is 9.73 Å². The van der Waals surface area contributed by atoms with Crippen LogP contribution in [0.4, 0.5) is 15.8 Å². The third-order valence-electron chi connectivity index (χ3n) is 3.42. The van der Waals surface area contributed by atoms with E-state index in [9.17, 15) is 14.5 Å². The first-order valence-corrected chi connectivity index (χ1v) is 8.07. The molecule has 0 atom stereocenters. The van der Waals surface area contributed by atoms with E-state index < -0.39 is 10.7 Å². The number of nitrogens with zero attached hydrogens (tertiary/aromatic N) is 2. The Kier molecular flexibility index (Phi) is 4.48. The third kappa shape index (κ3) is 3.09. The molecule has 0 aliphatic carbocycles. The number of oxazole rings is 1. The van der Waals surface area contributed by atoms with E-state index in [1.807, 2.05) is 6.92 Å². The zero-order valence-corrected chi connectivity index (χ0v) is 14.3. The fourth-order valence-corrected chi connectivity index (χ4v) is 2.73. The van der Waals surface area contributed by atoms with Gasteiger partial charge in [0.25, 0.3) is 5.69 Å². The highest BCUT2D eigenvalue weighted by Crippen LogP contribution is 2.34.